The molecule has 2 nitrogen and oxygen atoms in total. The van der Waals surface area contributed by atoms with Gasteiger partial charge in [0.05, 0.1) is 5.52 Å². The lowest BCUT2D eigenvalue weighted by Gasteiger charge is -2.16. The standard InChI is InChI=1S/C14H17BrN2/c1-2-16-8-10-6-11-4-3-5-17-9-13(15)12(7-10)14(11)17/h6-7,9,16H,2-5,8H2,1H3. The summed E-state index contributed by atoms with van der Waals surface area (Å²) in [7, 11) is 0. The maximum Gasteiger partial charge on any atom is 0.0524 e. The highest BCUT2D eigenvalue weighted by Crippen LogP contribution is 2.33. The number of nitrogens with zero attached hydrogens (tertiary/aromatic N) is 1. The number of aryl methyl sites for hydroxylation is 2. The van der Waals surface area contributed by atoms with Crippen LogP contribution in [0.25, 0.3) is 10.9 Å². The molecule has 0 atom stereocenters. The SMILES string of the molecule is CCNCc1cc2c3c(c1)c(Br)cn3CCC2. The third-order valence-corrected chi connectivity index (χ3v) is 4.12. The van der Waals surface area contributed by atoms with Crippen LogP contribution in [0.2, 0.25) is 0 Å². The number of hydrogen-bond donors (Lipinski definition) is 1. The minimum absolute atomic E-state index is 0.969. The van der Waals surface area contributed by atoms with Crippen molar-refractivity contribution >= 4 is 26.8 Å². The minimum Gasteiger partial charge on any atom is -0.346 e. The van der Waals surface area contributed by atoms with Crippen molar-refractivity contribution in [1.29, 1.82) is 0 Å². The smallest absolute Gasteiger partial charge is 0.0524 e. The van der Waals surface area contributed by atoms with E-state index in [2.05, 4.69) is 51.1 Å². The summed E-state index contributed by atoms with van der Waals surface area (Å²) in [5.41, 5.74) is 4.34. The molecule has 1 aliphatic rings. The van der Waals surface area contributed by atoms with Crippen LogP contribution in [0.3, 0.4) is 0 Å². The van der Waals surface area contributed by atoms with E-state index in [-0.39, 0.29) is 0 Å². The third-order valence-electron chi connectivity index (χ3n) is 3.49. The Kier molecular flexibility index (Phi) is 2.97. The fraction of sp³-hybridized carbons (Fsp3) is 0.429. The van der Waals surface area contributed by atoms with Crippen LogP contribution < -0.4 is 5.32 Å². The summed E-state index contributed by atoms with van der Waals surface area (Å²) in [6, 6.07) is 4.68. The molecule has 0 saturated carbocycles. The minimum atomic E-state index is 0.969. The fourth-order valence-corrected chi connectivity index (χ4v) is 3.28. The van der Waals surface area contributed by atoms with E-state index in [1.54, 1.807) is 0 Å². The van der Waals surface area contributed by atoms with Gasteiger partial charge in [-0.2, -0.15) is 0 Å². The van der Waals surface area contributed by atoms with Gasteiger partial charge in [0, 0.05) is 29.1 Å². The molecule has 90 valence electrons. The first-order valence-electron chi connectivity index (χ1n) is 6.30. The molecule has 0 bridgehead atoms. The van der Waals surface area contributed by atoms with Gasteiger partial charge in [-0.1, -0.05) is 13.0 Å². The molecule has 1 aromatic carbocycles. The predicted molar refractivity (Wildman–Crippen MR) is 75.3 cm³/mol. The fourth-order valence-electron chi connectivity index (χ4n) is 2.73. The number of halogens is 1. The van der Waals surface area contributed by atoms with Crippen LogP contribution in [-0.4, -0.2) is 11.1 Å². The Morgan fingerprint density at radius 3 is 3.12 bits per heavy atom. The number of aromatic nitrogens is 1. The topological polar surface area (TPSA) is 17.0 Å². The van der Waals surface area contributed by atoms with E-state index in [1.807, 2.05) is 0 Å². The first-order chi connectivity index (χ1) is 8.29. The van der Waals surface area contributed by atoms with Gasteiger partial charge >= 0.3 is 0 Å². The van der Waals surface area contributed by atoms with E-state index >= 15 is 0 Å². The molecular weight excluding hydrogens is 276 g/mol. The lowest BCUT2D eigenvalue weighted by molar-refractivity contribution is 0.634. The van der Waals surface area contributed by atoms with Crippen LogP contribution in [0.4, 0.5) is 0 Å². The third kappa shape index (κ3) is 1.91. The predicted octanol–water partition coefficient (Wildman–Crippen LogP) is 3.46. The number of hydrogen-bond acceptors (Lipinski definition) is 1. The molecule has 0 aliphatic carbocycles. The summed E-state index contributed by atoms with van der Waals surface area (Å²) in [5.74, 6) is 0. The first kappa shape index (κ1) is 11.3. The summed E-state index contributed by atoms with van der Waals surface area (Å²) in [6.07, 6.45) is 4.70. The lowest BCUT2D eigenvalue weighted by Crippen LogP contribution is -2.13. The second kappa shape index (κ2) is 4.46. The summed E-state index contributed by atoms with van der Waals surface area (Å²) in [5, 5.41) is 4.77. The van der Waals surface area contributed by atoms with Crippen molar-refractivity contribution in [1.82, 2.24) is 9.88 Å². The Balaban J connectivity index is 2.14. The van der Waals surface area contributed by atoms with Gasteiger partial charge in [0.15, 0.2) is 0 Å². The summed E-state index contributed by atoms with van der Waals surface area (Å²) in [4.78, 5) is 0. The zero-order valence-corrected chi connectivity index (χ0v) is 11.7. The maximum absolute atomic E-state index is 3.68. The molecule has 2 heterocycles. The van der Waals surface area contributed by atoms with Gasteiger partial charge in [-0.3, -0.25) is 0 Å². The Labute approximate surface area is 110 Å². The van der Waals surface area contributed by atoms with E-state index in [0.717, 1.165) is 19.6 Å². The van der Waals surface area contributed by atoms with Crippen LogP contribution in [0.15, 0.2) is 22.8 Å². The monoisotopic (exact) mass is 292 g/mol. The van der Waals surface area contributed by atoms with Gasteiger partial charge in [0.1, 0.15) is 0 Å². The lowest BCUT2D eigenvalue weighted by atomic mass is 10.0. The first-order valence-corrected chi connectivity index (χ1v) is 7.09. The van der Waals surface area contributed by atoms with Crippen LogP contribution in [0.5, 0.6) is 0 Å². The zero-order valence-electron chi connectivity index (χ0n) is 10.1. The van der Waals surface area contributed by atoms with Gasteiger partial charge in [-0.15, -0.1) is 0 Å². The van der Waals surface area contributed by atoms with Crippen molar-refractivity contribution in [2.45, 2.75) is 32.9 Å². The molecule has 1 N–H and O–H groups in total. The van der Waals surface area contributed by atoms with Crippen molar-refractivity contribution in [3.63, 3.8) is 0 Å². The van der Waals surface area contributed by atoms with Crippen LogP contribution in [0.1, 0.15) is 24.5 Å². The average Bonchev–Trinajstić information content (AvgIpc) is 2.66. The molecule has 3 rings (SSSR count). The van der Waals surface area contributed by atoms with Crippen molar-refractivity contribution in [2.75, 3.05) is 6.54 Å². The molecule has 0 radical (unpaired) electrons. The number of benzene rings is 1. The molecular formula is C14H17BrN2. The summed E-state index contributed by atoms with van der Waals surface area (Å²) in [6.45, 7) is 5.29. The molecule has 0 spiro atoms. The zero-order chi connectivity index (χ0) is 11.8. The normalized spacial score (nSPS) is 14.5. The molecule has 17 heavy (non-hydrogen) atoms. The van der Waals surface area contributed by atoms with Gasteiger partial charge < -0.3 is 9.88 Å². The van der Waals surface area contributed by atoms with Gasteiger partial charge in [-0.05, 0) is 52.5 Å². The largest absolute Gasteiger partial charge is 0.346 e. The Morgan fingerprint density at radius 2 is 2.29 bits per heavy atom. The molecule has 0 fully saturated rings. The second-order valence-corrected chi connectivity index (χ2v) is 5.56. The van der Waals surface area contributed by atoms with Gasteiger partial charge in [0.25, 0.3) is 0 Å². The Morgan fingerprint density at radius 1 is 1.41 bits per heavy atom. The molecule has 0 amide bonds. The molecule has 3 heteroatoms. The van der Waals surface area contributed by atoms with Gasteiger partial charge in [0.2, 0.25) is 0 Å². The second-order valence-electron chi connectivity index (χ2n) is 4.71. The average molecular weight is 293 g/mol. The van der Waals surface area contributed by atoms with E-state index in [1.165, 1.54) is 39.3 Å². The highest BCUT2D eigenvalue weighted by molar-refractivity contribution is 9.10. The molecule has 0 unspecified atom stereocenters. The van der Waals surface area contributed by atoms with Crippen molar-refractivity contribution < 1.29 is 0 Å². The van der Waals surface area contributed by atoms with E-state index in [4.69, 9.17) is 0 Å². The number of rotatable bonds is 3. The molecule has 1 aliphatic heterocycles. The van der Waals surface area contributed by atoms with Crippen LogP contribution in [0, 0.1) is 0 Å². The van der Waals surface area contributed by atoms with Crippen molar-refractivity contribution in [3.8, 4) is 0 Å². The summed E-state index contributed by atoms with van der Waals surface area (Å²) >= 11 is 3.68. The Bertz CT molecular complexity index is 557. The Hall–Kier alpha value is -0.800. The van der Waals surface area contributed by atoms with Crippen LogP contribution in [-0.2, 0) is 19.5 Å². The van der Waals surface area contributed by atoms with Crippen LogP contribution >= 0.6 is 15.9 Å². The highest BCUT2D eigenvalue weighted by Gasteiger charge is 2.16. The molecule has 2 aromatic rings. The van der Waals surface area contributed by atoms with Crippen molar-refractivity contribution in [3.05, 3.63) is 33.9 Å². The van der Waals surface area contributed by atoms with Crippen molar-refractivity contribution in [2.24, 2.45) is 0 Å². The number of nitrogens with one attached hydrogen (secondary N) is 1. The van der Waals surface area contributed by atoms with Gasteiger partial charge in [-0.25, -0.2) is 0 Å². The quantitative estimate of drug-likeness (QED) is 0.917. The van der Waals surface area contributed by atoms with E-state index < -0.39 is 0 Å². The van der Waals surface area contributed by atoms with E-state index in [9.17, 15) is 0 Å². The highest BCUT2D eigenvalue weighted by atomic mass is 79.9. The van der Waals surface area contributed by atoms with E-state index in [0.29, 0.717) is 0 Å². The molecule has 0 saturated heterocycles. The maximum atomic E-state index is 3.68. The molecule has 1 aromatic heterocycles. The summed E-state index contributed by atoms with van der Waals surface area (Å²) < 4.78 is 3.61.